The fourth-order valence-electron chi connectivity index (χ4n) is 1.19. The van der Waals surface area contributed by atoms with Crippen LogP contribution in [-0.2, 0) is 0 Å². The minimum atomic E-state index is 0.422. The number of nitrogens with one attached hydrogen (secondary N) is 2. The van der Waals surface area contributed by atoms with E-state index in [1.807, 2.05) is 30.3 Å². The molecule has 1 aromatic heterocycles. The molecular formula is C9H8N4. The number of H-pyrrole nitrogens is 1. The zero-order chi connectivity index (χ0) is 9.10. The van der Waals surface area contributed by atoms with Gasteiger partial charge in [-0.25, -0.2) is 10.5 Å². The summed E-state index contributed by atoms with van der Waals surface area (Å²) in [5, 5.41) is 3.31. The highest BCUT2D eigenvalue weighted by Crippen LogP contribution is 2.25. The van der Waals surface area contributed by atoms with Crippen molar-refractivity contribution >= 4 is 5.82 Å². The standard InChI is InChI=1S/C9H8N4/c10-13-9-8(11-6-12-9)7-4-2-1-3-5-7/h1-6,10H,(H,11,12). The maximum Gasteiger partial charge on any atom is 0.199 e. The van der Waals surface area contributed by atoms with E-state index in [1.54, 1.807) is 0 Å². The van der Waals surface area contributed by atoms with Crippen LogP contribution in [0.5, 0.6) is 0 Å². The molecule has 0 fully saturated rings. The van der Waals surface area contributed by atoms with Crippen LogP contribution in [0.15, 0.2) is 41.8 Å². The predicted molar refractivity (Wildman–Crippen MR) is 48.8 cm³/mol. The molecule has 0 amide bonds. The van der Waals surface area contributed by atoms with Crippen LogP contribution < -0.4 is 0 Å². The second-order valence-corrected chi connectivity index (χ2v) is 2.58. The van der Waals surface area contributed by atoms with Gasteiger partial charge in [0.25, 0.3) is 0 Å². The zero-order valence-electron chi connectivity index (χ0n) is 6.86. The van der Waals surface area contributed by atoms with Crippen molar-refractivity contribution < 1.29 is 0 Å². The van der Waals surface area contributed by atoms with E-state index in [0.29, 0.717) is 5.82 Å². The van der Waals surface area contributed by atoms with Crippen molar-refractivity contribution in [3.05, 3.63) is 36.7 Å². The van der Waals surface area contributed by atoms with Crippen molar-refractivity contribution in [3.8, 4) is 11.3 Å². The quantitative estimate of drug-likeness (QED) is 0.672. The molecule has 2 rings (SSSR count). The summed E-state index contributed by atoms with van der Waals surface area (Å²) in [6.07, 6.45) is 1.54. The third-order valence-electron chi connectivity index (χ3n) is 1.79. The van der Waals surface area contributed by atoms with Crippen LogP contribution >= 0.6 is 0 Å². The fourth-order valence-corrected chi connectivity index (χ4v) is 1.19. The molecule has 0 atom stereocenters. The Hall–Kier alpha value is -1.97. The number of hydrogen-bond donors (Lipinski definition) is 2. The highest BCUT2D eigenvalue weighted by molar-refractivity contribution is 5.68. The van der Waals surface area contributed by atoms with Gasteiger partial charge >= 0.3 is 0 Å². The van der Waals surface area contributed by atoms with Crippen LogP contribution in [0.2, 0.25) is 0 Å². The summed E-state index contributed by atoms with van der Waals surface area (Å²) in [6, 6.07) is 9.70. The van der Waals surface area contributed by atoms with Gasteiger partial charge in [0.15, 0.2) is 5.82 Å². The minimum absolute atomic E-state index is 0.422. The van der Waals surface area contributed by atoms with E-state index in [9.17, 15) is 0 Å². The van der Waals surface area contributed by atoms with Crippen molar-refractivity contribution in [1.29, 1.82) is 5.53 Å². The van der Waals surface area contributed by atoms with Gasteiger partial charge in [0.2, 0.25) is 0 Å². The average Bonchev–Trinajstić information content (AvgIpc) is 2.67. The number of aromatic nitrogens is 2. The fraction of sp³-hybridized carbons (Fsp3) is 0. The monoisotopic (exact) mass is 172 g/mol. The lowest BCUT2D eigenvalue weighted by molar-refractivity contribution is 1.11. The maximum atomic E-state index is 6.89. The first-order valence-corrected chi connectivity index (χ1v) is 3.88. The molecule has 0 aliphatic heterocycles. The molecule has 1 heterocycles. The van der Waals surface area contributed by atoms with E-state index in [1.165, 1.54) is 6.33 Å². The Morgan fingerprint density at radius 2 is 2.00 bits per heavy atom. The van der Waals surface area contributed by atoms with Crippen molar-refractivity contribution in [2.75, 3.05) is 0 Å². The highest BCUT2D eigenvalue weighted by atomic mass is 15.1. The Labute approximate surface area is 75.2 Å². The van der Waals surface area contributed by atoms with Gasteiger partial charge in [-0.1, -0.05) is 30.3 Å². The molecule has 2 N–H and O–H groups in total. The molecule has 0 unspecified atom stereocenters. The molecule has 1 aromatic carbocycles. The summed E-state index contributed by atoms with van der Waals surface area (Å²) in [6.45, 7) is 0. The summed E-state index contributed by atoms with van der Waals surface area (Å²) in [7, 11) is 0. The first-order valence-electron chi connectivity index (χ1n) is 3.88. The lowest BCUT2D eigenvalue weighted by atomic mass is 10.1. The second-order valence-electron chi connectivity index (χ2n) is 2.58. The van der Waals surface area contributed by atoms with E-state index in [0.717, 1.165) is 11.3 Å². The molecular weight excluding hydrogens is 164 g/mol. The van der Waals surface area contributed by atoms with Crippen molar-refractivity contribution in [3.63, 3.8) is 0 Å². The zero-order valence-corrected chi connectivity index (χ0v) is 6.86. The summed E-state index contributed by atoms with van der Waals surface area (Å²) in [4.78, 5) is 6.85. The number of aromatic amines is 1. The summed E-state index contributed by atoms with van der Waals surface area (Å²) < 4.78 is 0. The van der Waals surface area contributed by atoms with Gasteiger partial charge in [-0.05, 0) is 0 Å². The Bertz CT molecular complexity index is 405. The van der Waals surface area contributed by atoms with Gasteiger partial charge in [0.1, 0.15) is 0 Å². The molecule has 0 aliphatic rings. The Balaban J connectivity index is 2.52. The van der Waals surface area contributed by atoms with Crippen LogP contribution in [0, 0.1) is 5.53 Å². The molecule has 0 saturated heterocycles. The van der Waals surface area contributed by atoms with E-state index in [2.05, 4.69) is 15.1 Å². The van der Waals surface area contributed by atoms with Gasteiger partial charge in [-0.3, -0.25) is 0 Å². The molecule has 0 radical (unpaired) electrons. The van der Waals surface area contributed by atoms with Gasteiger partial charge in [-0.2, -0.15) is 0 Å². The Morgan fingerprint density at radius 1 is 1.23 bits per heavy atom. The molecule has 0 spiro atoms. The molecule has 2 aromatic rings. The van der Waals surface area contributed by atoms with Crippen LogP contribution in [0.4, 0.5) is 5.82 Å². The molecule has 4 heteroatoms. The normalized spacial score (nSPS) is 9.85. The lowest BCUT2D eigenvalue weighted by Crippen LogP contribution is -1.75. The molecule has 13 heavy (non-hydrogen) atoms. The Morgan fingerprint density at radius 3 is 2.69 bits per heavy atom. The minimum Gasteiger partial charge on any atom is -0.343 e. The summed E-state index contributed by atoms with van der Waals surface area (Å²) >= 11 is 0. The summed E-state index contributed by atoms with van der Waals surface area (Å²) in [5.41, 5.74) is 8.67. The predicted octanol–water partition coefficient (Wildman–Crippen LogP) is 2.74. The third-order valence-corrected chi connectivity index (χ3v) is 1.79. The van der Waals surface area contributed by atoms with E-state index in [-0.39, 0.29) is 0 Å². The first-order chi connectivity index (χ1) is 6.42. The van der Waals surface area contributed by atoms with Gasteiger partial charge in [-0.15, -0.1) is 5.11 Å². The highest BCUT2D eigenvalue weighted by Gasteiger charge is 2.05. The van der Waals surface area contributed by atoms with Gasteiger partial charge < -0.3 is 4.98 Å². The average molecular weight is 172 g/mol. The molecule has 0 bridgehead atoms. The lowest BCUT2D eigenvalue weighted by Gasteiger charge is -1.96. The molecule has 0 aliphatic carbocycles. The van der Waals surface area contributed by atoms with E-state index in [4.69, 9.17) is 5.53 Å². The van der Waals surface area contributed by atoms with Gasteiger partial charge in [0, 0.05) is 5.56 Å². The van der Waals surface area contributed by atoms with Crippen LogP contribution in [-0.4, -0.2) is 9.97 Å². The van der Waals surface area contributed by atoms with Crippen LogP contribution in [0.3, 0.4) is 0 Å². The second kappa shape index (κ2) is 3.18. The van der Waals surface area contributed by atoms with Crippen molar-refractivity contribution in [1.82, 2.24) is 9.97 Å². The smallest absolute Gasteiger partial charge is 0.199 e. The number of benzene rings is 1. The first kappa shape index (κ1) is 7.67. The number of hydrogen-bond acceptors (Lipinski definition) is 3. The van der Waals surface area contributed by atoms with Crippen LogP contribution in [0.1, 0.15) is 0 Å². The molecule has 4 nitrogen and oxygen atoms in total. The third kappa shape index (κ3) is 1.33. The van der Waals surface area contributed by atoms with E-state index < -0.39 is 0 Å². The maximum absolute atomic E-state index is 6.89. The SMILES string of the molecule is N=Nc1nc[nH]c1-c1ccccc1. The van der Waals surface area contributed by atoms with Crippen LogP contribution in [0.25, 0.3) is 11.3 Å². The van der Waals surface area contributed by atoms with E-state index >= 15 is 0 Å². The summed E-state index contributed by atoms with van der Waals surface area (Å²) in [5.74, 6) is 0.422. The molecule has 0 saturated carbocycles. The number of imidazole rings is 1. The largest absolute Gasteiger partial charge is 0.343 e. The Kier molecular flexibility index (Phi) is 1.88. The topological polar surface area (TPSA) is 64.9 Å². The van der Waals surface area contributed by atoms with Crippen molar-refractivity contribution in [2.24, 2.45) is 5.11 Å². The van der Waals surface area contributed by atoms with Crippen molar-refractivity contribution in [2.45, 2.75) is 0 Å². The molecule has 64 valence electrons. The number of nitrogens with zero attached hydrogens (tertiary/aromatic N) is 2. The number of rotatable bonds is 2. The van der Waals surface area contributed by atoms with Gasteiger partial charge in [0.05, 0.1) is 12.0 Å².